The molecule has 1 aromatic heterocycles. The van der Waals surface area contributed by atoms with Crippen molar-refractivity contribution in [2.75, 3.05) is 5.73 Å². The number of benzene rings is 2. The molecule has 2 N–H and O–H groups in total. The fourth-order valence-corrected chi connectivity index (χ4v) is 2.53. The summed E-state index contributed by atoms with van der Waals surface area (Å²) in [6.07, 6.45) is 0. The second kappa shape index (κ2) is 5.54. The molecule has 0 aliphatic heterocycles. The van der Waals surface area contributed by atoms with E-state index in [4.69, 9.17) is 17.3 Å². The van der Waals surface area contributed by atoms with Crippen LogP contribution in [0.25, 0.3) is 11.4 Å². The lowest BCUT2D eigenvalue weighted by molar-refractivity contribution is 0.548. The summed E-state index contributed by atoms with van der Waals surface area (Å²) in [5, 5.41) is 12.5. The fraction of sp³-hybridized carbons (Fsp3) is 0.133. The van der Waals surface area contributed by atoms with Crippen molar-refractivity contribution >= 4 is 17.3 Å². The highest BCUT2D eigenvalue weighted by Gasteiger charge is 2.19. The van der Waals surface area contributed by atoms with Gasteiger partial charge in [0.25, 0.3) is 0 Å². The maximum atomic E-state index is 6.25. The maximum Gasteiger partial charge on any atom is 0.186 e. The highest BCUT2D eigenvalue weighted by molar-refractivity contribution is 6.33. The van der Waals surface area contributed by atoms with Crippen LogP contribution in [0, 0.1) is 0 Å². The number of aromatic nitrogens is 4. The van der Waals surface area contributed by atoms with E-state index in [1.807, 2.05) is 37.3 Å². The topological polar surface area (TPSA) is 69.6 Å². The van der Waals surface area contributed by atoms with E-state index >= 15 is 0 Å². The number of halogens is 1. The van der Waals surface area contributed by atoms with Crippen LogP contribution in [0.15, 0.2) is 48.5 Å². The van der Waals surface area contributed by atoms with Gasteiger partial charge < -0.3 is 5.73 Å². The average molecular weight is 300 g/mol. The molecule has 5 nitrogen and oxygen atoms in total. The predicted molar refractivity (Wildman–Crippen MR) is 82.9 cm³/mol. The number of nitrogens with two attached hydrogens (primary N) is 1. The zero-order chi connectivity index (χ0) is 14.8. The number of anilines is 1. The molecular weight excluding hydrogens is 286 g/mol. The summed E-state index contributed by atoms with van der Waals surface area (Å²) in [4.78, 5) is 0. The maximum absolute atomic E-state index is 6.25. The molecule has 0 aliphatic rings. The van der Waals surface area contributed by atoms with E-state index in [1.165, 1.54) is 0 Å². The summed E-state index contributed by atoms with van der Waals surface area (Å²) in [6, 6.07) is 15.4. The highest BCUT2D eigenvalue weighted by Crippen LogP contribution is 2.33. The Hall–Kier alpha value is -2.40. The molecule has 0 saturated heterocycles. The molecule has 0 bridgehead atoms. The first-order valence-electron chi connectivity index (χ1n) is 6.55. The van der Waals surface area contributed by atoms with Crippen molar-refractivity contribution in [2.45, 2.75) is 13.0 Å². The summed E-state index contributed by atoms with van der Waals surface area (Å²) >= 11 is 6.25. The third-order valence-electron chi connectivity index (χ3n) is 3.41. The van der Waals surface area contributed by atoms with E-state index in [0.29, 0.717) is 22.1 Å². The summed E-state index contributed by atoms with van der Waals surface area (Å²) in [5.74, 6) is 0.564. The molecule has 106 valence electrons. The quantitative estimate of drug-likeness (QED) is 0.754. The van der Waals surface area contributed by atoms with E-state index in [9.17, 15) is 0 Å². The summed E-state index contributed by atoms with van der Waals surface area (Å²) < 4.78 is 1.73. The first kappa shape index (κ1) is 13.6. The minimum absolute atomic E-state index is 0.0214. The molecule has 0 aliphatic carbocycles. The van der Waals surface area contributed by atoms with Crippen LogP contribution in [0.4, 0.5) is 5.69 Å². The molecule has 0 saturated carbocycles. The van der Waals surface area contributed by atoms with Crippen molar-refractivity contribution in [3.8, 4) is 11.4 Å². The van der Waals surface area contributed by atoms with Crippen molar-refractivity contribution < 1.29 is 0 Å². The van der Waals surface area contributed by atoms with Crippen LogP contribution in [0.2, 0.25) is 5.02 Å². The van der Waals surface area contributed by atoms with Gasteiger partial charge in [0.2, 0.25) is 0 Å². The lowest BCUT2D eigenvalue weighted by Crippen LogP contribution is -2.11. The summed E-state index contributed by atoms with van der Waals surface area (Å²) in [5.41, 5.74) is 8.35. The Morgan fingerprint density at radius 3 is 2.57 bits per heavy atom. The molecule has 2 aromatic carbocycles. The SMILES string of the molecule is CC(c1ccccc1)n1nnnc1-c1c(N)cccc1Cl. The van der Waals surface area contributed by atoms with E-state index < -0.39 is 0 Å². The van der Waals surface area contributed by atoms with E-state index in [-0.39, 0.29) is 6.04 Å². The largest absolute Gasteiger partial charge is 0.398 e. The Morgan fingerprint density at radius 1 is 1.10 bits per heavy atom. The molecule has 6 heteroatoms. The Labute approximate surface area is 127 Å². The minimum Gasteiger partial charge on any atom is -0.398 e. The zero-order valence-corrected chi connectivity index (χ0v) is 12.2. The van der Waals surface area contributed by atoms with Crippen LogP contribution in [0.5, 0.6) is 0 Å². The second-order valence-electron chi connectivity index (χ2n) is 4.74. The van der Waals surface area contributed by atoms with Crippen LogP contribution in [-0.2, 0) is 0 Å². The van der Waals surface area contributed by atoms with Gasteiger partial charge in [-0.05, 0) is 35.0 Å². The number of rotatable bonds is 3. The summed E-state index contributed by atoms with van der Waals surface area (Å²) in [6.45, 7) is 2.03. The van der Waals surface area contributed by atoms with Crippen molar-refractivity contribution in [1.82, 2.24) is 20.2 Å². The Balaban J connectivity index is 2.10. The Morgan fingerprint density at radius 2 is 1.86 bits per heavy atom. The highest BCUT2D eigenvalue weighted by atomic mass is 35.5. The standard InChI is InChI=1S/C15H14ClN5/c1-10(11-6-3-2-4-7-11)21-15(18-19-20-21)14-12(16)8-5-9-13(14)17/h2-10H,17H2,1H3. The molecule has 1 heterocycles. The third kappa shape index (κ3) is 2.48. The van der Waals surface area contributed by atoms with Crippen molar-refractivity contribution in [3.63, 3.8) is 0 Å². The van der Waals surface area contributed by atoms with Crippen LogP contribution < -0.4 is 5.73 Å². The lowest BCUT2D eigenvalue weighted by atomic mass is 10.1. The number of hydrogen-bond donors (Lipinski definition) is 1. The summed E-state index contributed by atoms with van der Waals surface area (Å²) in [7, 11) is 0. The van der Waals surface area contributed by atoms with Gasteiger partial charge in [0.05, 0.1) is 16.6 Å². The van der Waals surface area contributed by atoms with E-state index in [0.717, 1.165) is 5.56 Å². The Kier molecular flexibility index (Phi) is 3.58. The normalized spacial score (nSPS) is 12.3. The average Bonchev–Trinajstić information content (AvgIpc) is 2.96. The first-order valence-corrected chi connectivity index (χ1v) is 6.93. The van der Waals surface area contributed by atoms with Gasteiger partial charge in [-0.25, -0.2) is 4.68 Å². The second-order valence-corrected chi connectivity index (χ2v) is 5.14. The van der Waals surface area contributed by atoms with Crippen molar-refractivity contribution in [2.24, 2.45) is 0 Å². The number of nitrogens with zero attached hydrogens (tertiary/aromatic N) is 4. The van der Waals surface area contributed by atoms with Crippen molar-refractivity contribution in [1.29, 1.82) is 0 Å². The number of tetrazole rings is 1. The molecule has 1 atom stereocenters. The predicted octanol–water partition coefficient (Wildman–Crippen LogP) is 3.19. The van der Waals surface area contributed by atoms with Gasteiger partial charge in [0, 0.05) is 5.69 Å². The molecule has 0 radical (unpaired) electrons. The molecule has 0 spiro atoms. The molecule has 1 unspecified atom stereocenters. The van der Waals surface area contributed by atoms with Gasteiger partial charge in [-0.3, -0.25) is 0 Å². The third-order valence-corrected chi connectivity index (χ3v) is 3.73. The fourth-order valence-electron chi connectivity index (χ4n) is 2.27. The van der Waals surface area contributed by atoms with Gasteiger partial charge >= 0.3 is 0 Å². The van der Waals surface area contributed by atoms with Crippen LogP contribution in [0.1, 0.15) is 18.5 Å². The molecular formula is C15H14ClN5. The van der Waals surface area contributed by atoms with Gasteiger partial charge in [-0.2, -0.15) is 0 Å². The van der Waals surface area contributed by atoms with Gasteiger partial charge in [-0.1, -0.05) is 48.0 Å². The molecule has 3 aromatic rings. The van der Waals surface area contributed by atoms with Gasteiger partial charge in [0.15, 0.2) is 5.82 Å². The molecule has 21 heavy (non-hydrogen) atoms. The van der Waals surface area contributed by atoms with Crippen LogP contribution >= 0.6 is 11.6 Å². The lowest BCUT2D eigenvalue weighted by Gasteiger charge is -2.15. The number of hydrogen-bond acceptors (Lipinski definition) is 4. The first-order chi connectivity index (χ1) is 10.2. The molecule has 0 fully saturated rings. The van der Waals surface area contributed by atoms with Crippen LogP contribution in [0.3, 0.4) is 0 Å². The number of nitrogen functional groups attached to an aromatic ring is 1. The van der Waals surface area contributed by atoms with Crippen molar-refractivity contribution in [3.05, 3.63) is 59.1 Å². The zero-order valence-electron chi connectivity index (χ0n) is 11.4. The molecule has 0 amide bonds. The molecule has 3 rings (SSSR count). The van der Waals surface area contributed by atoms with Gasteiger partial charge in [0.1, 0.15) is 0 Å². The minimum atomic E-state index is -0.0214. The smallest absolute Gasteiger partial charge is 0.186 e. The van der Waals surface area contributed by atoms with Gasteiger partial charge in [-0.15, -0.1) is 5.10 Å². The van der Waals surface area contributed by atoms with E-state index in [2.05, 4.69) is 15.5 Å². The van der Waals surface area contributed by atoms with E-state index in [1.54, 1.807) is 22.9 Å². The monoisotopic (exact) mass is 299 g/mol. The Bertz CT molecular complexity index is 734. The van der Waals surface area contributed by atoms with Crippen LogP contribution in [-0.4, -0.2) is 20.2 Å².